The Morgan fingerprint density at radius 1 is 1.19 bits per heavy atom. The van der Waals surface area contributed by atoms with E-state index in [-0.39, 0.29) is 0 Å². The molecule has 21 heavy (non-hydrogen) atoms. The van der Waals surface area contributed by atoms with Crippen LogP contribution >= 0.6 is 0 Å². The minimum atomic E-state index is -0.857. The lowest BCUT2D eigenvalue weighted by Gasteiger charge is -2.14. The van der Waals surface area contributed by atoms with Gasteiger partial charge in [0.2, 0.25) is 0 Å². The smallest absolute Gasteiger partial charge is 0.321 e. The van der Waals surface area contributed by atoms with Crippen LogP contribution in [0, 0.1) is 0 Å². The van der Waals surface area contributed by atoms with Gasteiger partial charge >= 0.3 is 5.97 Å². The molecule has 1 heterocycles. The van der Waals surface area contributed by atoms with E-state index in [2.05, 4.69) is 15.3 Å². The van der Waals surface area contributed by atoms with Crippen LogP contribution in [-0.2, 0) is 24.2 Å². The molecule has 0 aliphatic rings. The van der Waals surface area contributed by atoms with E-state index in [4.69, 9.17) is 0 Å². The third-order valence-corrected chi connectivity index (χ3v) is 3.21. The van der Waals surface area contributed by atoms with Crippen molar-refractivity contribution in [3.05, 3.63) is 59.7 Å². The van der Waals surface area contributed by atoms with Gasteiger partial charge in [-0.3, -0.25) is 10.1 Å². The van der Waals surface area contributed by atoms with Crippen LogP contribution in [0.2, 0.25) is 0 Å². The minimum Gasteiger partial charge on any atom is -0.480 e. The van der Waals surface area contributed by atoms with Gasteiger partial charge in [-0.15, -0.1) is 0 Å². The molecule has 0 radical (unpaired) electrons. The van der Waals surface area contributed by atoms with Crippen LogP contribution in [0.3, 0.4) is 0 Å². The number of carboxylic acids is 1. The number of aliphatic carboxylic acids is 1. The Labute approximate surface area is 124 Å². The molecule has 1 atom stereocenters. The first-order valence-corrected chi connectivity index (χ1v) is 6.99. The highest BCUT2D eigenvalue weighted by Gasteiger charge is 2.17. The lowest BCUT2D eigenvalue weighted by atomic mass is 10.1. The van der Waals surface area contributed by atoms with Gasteiger partial charge in [0.15, 0.2) is 0 Å². The van der Waals surface area contributed by atoms with Crippen LogP contribution < -0.4 is 5.32 Å². The van der Waals surface area contributed by atoms with Crippen molar-refractivity contribution in [2.75, 3.05) is 0 Å². The maximum absolute atomic E-state index is 11.3. The van der Waals surface area contributed by atoms with E-state index in [0.717, 1.165) is 23.4 Å². The molecule has 1 aromatic heterocycles. The van der Waals surface area contributed by atoms with Gasteiger partial charge in [0.05, 0.1) is 0 Å². The van der Waals surface area contributed by atoms with Crippen molar-refractivity contribution in [2.45, 2.75) is 32.4 Å². The molecule has 0 aliphatic carbocycles. The van der Waals surface area contributed by atoms with Crippen molar-refractivity contribution in [3.8, 4) is 0 Å². The number of nitrogens with one attached hydrogen (secondary N) is 1. The van der Waals surface area contributed by atoms with Crippen molar-refractivity contribution in [3.63, 3.8) is 0 Å². The zero-order chi connectivity index (χ0) is 15.1. The Kier molecular flexibility index (Phi) is 5.40. The van der Waals surface area contributed by atoms with Gasteiger partial charge in [-0.25, -0.2) is 9.97 Å². The first-order valence-electron chi connectivity index (χ1n) is 6.99. The van der Waals surface area contributed by atoms with Crippen LogP contribution in [0.25, 0.3) is 0 Å². The van der Waals surface area contributed by atoms with E-state index in [1.807, 2.05) is 37.3 Å². The molecule has 0 saturated carbocycles. The van der Waals surface area contributed by atoms with E-state index < -0.39 is 12.0 Å². The third-order valence-electron chi connectivity index (χ3n) is 3.21. The number of benzene rings is 1. The summed E-state index contributed by atoms with van der Waals surface area (Å²) in [6.45, 7) is 2.43. The lowest BCUT2D eigenvalue weighted by molar-refractivity contribution is -0.139. The van der Waals surface area contributed by atoms with Gasteiger partial charge in [0, 0.05) is 30.9 Å². The molecule has 110 valence electrons. The molecule has 1 unspecified atom stereocenters. The monoisotopic (exact) mass is 285 g/mol. The Balaban J connectivity index is 1.95. The first-order chi connectivity index (χ1) is 10.2. The molecule has 2 N–H and O–H groups in total. The second-order valence-corrected chi connectivity index (χ2v) is 4.82. The van der Waals surface area contributed by atoms with Crippen molar-refractivity contribution in [1.29, 1.82) is 0 Å². The number of carbonyl (C=O) groups is 1. The second kappa shape index (κ2) is 7.50. The molecule has 5 nitrogen and oxygen atoms in total. The third kappa shape index (κ3) is 4.65. The summed E-state index contributed by atoms with van der Waals surface area (Å²) in [5.41, 5.74) is 1.88. The molecule has 2 rings (SSSR count). The number of rotatable bonds is 7. The minimum absolute atomic E-state index is 0.438. The number of aromatic nitrogens is 2. The van der Waals surface area contributed by atoms with E-state index in [1.165, 1.54) is 0 Å². The fourth-order valence-electron chi connectivity index (χ4n) is 1.99. The first kappa shape index (κ1) is 15.1. The summed E-state index contributed by atoms with van der Waals surface area (Å²) in [4.78, 5) is 19.7. The molecular formula is C16H19N3O2. The summed E-state index contributed by atoms with van der Waals surface area (Å²) < 4.78 is 0. The highest BCUT2D eigenvalue weighted by molar-refractivity contribution is 5.73. The summed E-state index contributed by atoms with van der Waals surface area (Å²) >= 11 is 0. The van der Waals surface area contributed by atoms with Crippen LogP contribution in [0.5, 0.6) is 0 Å². The molecule has 0 fully saturated rings. The van der Waals surface area contributed by atoms with Gasteiger partial charge in [-0.1, -0.05) is 37.3 Å². The Bertz CT molecular complexity index is 570. The number of hydrogen-bond acceptors (Lipinski definition) is 4. The van der Waals surface area contributed by atoms with Gasteiger partial charge in [0.1, 0.15) is 11.9 Å². The van der Waals surface area contributed by atoms with Crippen LogP contribution in [0.1, 0.15) is 23.9 Å². The number of hydrogen-bond donors (Lipinski definition) is 2. The fourth-order valence-corrected chi connectivity index (χ4v) is 1.99. The zero-order valence-electron chi connectivity index (χ0n) is 12.0. The topological polar surface area (TPSA) is 75.1 Å². The summed E-state index contributed by atoms with van der Waals surface area (Å²) in [6, 6.07) is 8.96. The number of carboxylic acid groups (broad SMARTS) is 1. The van der Waals surface area contributed by atoms with E-state index in [0.29, 0.717) is 13.0 Å². The summed E-state index contributed by atoms with van der Waals surface area (Å²) in [6.07, 6.45) is 4.71. The summed E-state index contributed by atoms with van der Waals surface area (Å²) in [7, 11) is 0. The Morgan fingerprint density at radius 2 is 1.86 bits per heavy atom. The van der Waals surface area contributed by atoms with Crippen LogP contribution in [-0.4, -0.2) is 27.1 Å². The van der Waals surface area contributed by atoms with Crippen molar-refractivity contribution < 1.29 is 9.90 Å². The molecule has 0 saturated heterocycles. The quantitative estimate of drug-likeness (QED) is 0.811. The molecule has 5 heteroatoms. The maximum atomic E-state index is 11.3. The second-order valence-electron chi connectivity index (χ2n) is 4.82. The molecule has 0 aliphatic heterocycles. The molecule has 0 bridgehead atoms. The summed E-state index contributed by atoms with van der Waals surface area (Å²) in [5.74, 6) is -0.0669. The average molecular weight is 285 g/mol. The highest BCUT2D eigenvalue weighted by atomic mass is 16.4. The normalized spacial score (nSPS) is 12.0. The standard InChI is InChI=1S/C16H19N3O2/c1-2-15-18-10-13(11-19-15)9-17-14(16(20)21)8-12-6-4-3-5-7-12/h3-7,10-11,14,17H,2,8-9H2,1H3,(H,20,21). The Morgan fingerprint density at radius 3 is 2.43 bits per heavy atom. The van der Waals surface area contributed by atoms with Crippen molar-refractivity contribution >= 4 is 5.97 Å². The van der Waals surface area contributed by atoms with E-state index in [9.17, 15) is 9.90 Å². The summed E-state index contributed by atoms with van der Waals surface area (Å²) in [5, 5.41) is 12.3. The van der Waals surface area contributed by atoms with Gasteiger partial charge in [0.25, 0.3) is 0 Å². The Hall–Kier alpha value is -2.27. The highest BCUT2D eigenvalue weighted by Crippen LogP contribution is 2.05. The van der Waals surface area contributed by atoms with Crippen molar-refractivity contribution in [2.24, 2.45) is 0 Å². The van der Waals surface area contributed by atoms with Crippen LogP contribution in [0.4, 0.5) is 0 Å². The van der Waals surface area contributed by atoms with E-state index in [1.54, 1.807) is 12.4 Å². The maximum Gasteiger partial charge on any atom is 0.321 e. The predicted octanol–water partition coefficient (Wildman–Crippen LogP) is 1.82. The lowest BCUT2D eigenvalue weighted by Crippen LogP contribution is -2.38. The molecule has 1 aromatic carbocycles. The van der Waals surface area contributed by atoms with E-state index >= 15 is 0 Å². The predicted molar refractivity (Wildman–Crippen MR) is 79.8 cm³/mol. The molecule has 2 aromatic rings. The molecule has 0 amide bonds. The zero-order valence-corrected chi connectivity index (χ0v) is 12.0. The number of aryl methyl sites for hydroxylation is 1. The fraction of sp³-hybridized carbons (Fsp3) is 0.312. The van der Waals surface area contributed by atoms with Gasteiger partial charge < -0.3 is 5.11 Å². The average Bonchev–Trinajstić information content (AvgIpc) is 2.52. The number of nitrogens with zero attached hydrogens (tertiary/aromatic N) is 2. The van der Waals surface area contributed by atoms with Crippen molar-refractivity contribution in [1.82, 2.24) is 15.3 Å². The largest absolute Gasteiger partial charge is 0.480 e. The SMILES string of the molecule is CCc1ncc(CNC(Cc2ccccc2)C(=O)O)cn1. The van der Waals surface area contributed by atoms with Gasteiger partial charge in [-0.2, -0.15) is 0 Å². The van der Waals surface area contributed by atoms with Crippen LogP contribution in [0.15, 0.2) is 42.7 Å². The molecular weight excluding hydrogens is 266 g/mol. The van der Waals surface area contributed by atoms with Gasteiger partial charge in [-0.05, 0) is 12.0 Å². The molecule has 0 spiro atoms.